The minimum absolute atomic E-state index is 0.0621. The standard InChI is InChI=1S/C15H20N2O3/c18-15(14-12-3-1-2-4-13(12)20-16-14)17-7-11(8-17)10-5-6-19-9-10/h10-11H,1-9H2. The second kappa shape index (κ2) is 4.88. The Hall–Kier alpha value is -1.36. The predicted octanol–water partition coefficient (Wildman–Crippen LogP) is 1.66. The number of rotatable bonds is 2. The maximum Gasteiger partial charge on any atom is 0.276 e. The van der Waals surface area contributed by atoms with Crippen LogP contribution in [-0.4, -0.2) is 42.3 Å². The summed E-state index contributed by atoms with van der Waals surface area (Å²) in [6.07, 6.45) is 5.29. The van der Waals surface area contributed by atoms with E-state index in [1.165, 1.54) is 0 Å². The number of amides is 1. The number of hydrogen-bond donors (Lipinski definition) is 0. The van der Waals surface area contributed by atoms with E-state index in [0.717, 1.165) is 69.7 Å². The average molecular weight is 276 g/mol. The lowest BCUT2D eigenvalue weighted by Gasteiger charge is -2.41. The minimum atomic E-state index is 0.0621. The van der Waals surface area contributed by atoms with Gasteiger partial charge >= 0.3 is 0 Å². The number of ether oxygens (including phenoxy) is 1. The van der Waals surface area contributed by atoms with Crippen molar-refractivity contribution in [2.24, 2.45) is 11.8 Å². The molecule has 3 aliphatic rings. The van der Waals surface area contributed by atoms with Crippen LogP contribution in [0.5, 0.6) is 0 Å². The van der Waals surface area contributed by atoms with Gasteiger partial charge in [0.15, 0.2) is 5.69 Å². The Morgan fingerprint density at radius 3 is 2.85 bits per heavy atom. The second-order valence-electron chi connectivity index (χ2n) is 6.23. The van der Waals surface area contributed by atoms with Crippen molar-refractivity contribution in [1.82, 2.24) is 10.1 Å². The van der Waals surface area contributed by atoms with Crippen molar-refractivity contribution >= 4 is 5.91 Å². The monoisotopic (exact) mass is 276 g/mol. The molecule has 0 saturated carbocycles. The second-order valence-corrected chi connectivity index (χ2v) is 6.23. The van der Waals surface area contributed by atoms with Crippen molar-refractivity contribution in [1.29, 1.82) is 0 Å². The fourth-order valence-electron chi connectivity index (χ4n) is 3.60. The van der Waals surface area contributed by atoms with Crippen molar-refractivity contribution in [2.45, 2.75) is 32.1 Å². The molecule has 1 atom stereocenters. The van der Waals surface area contributed by atoms with E-state index in [4.69, 9.17) is 9.26 Å². The van der Waals surface area contributed by atoms with Gasteiger partial charge in [-0.15, -0.1) is 0 Å². The molecule has 1 aliphatic carbocycles. The van der Waals surface area contributed by atoms with Crippen molar-refractivity contribution in [3.05, 3.63) is 17.0 Å². The van der Waals surface area contributed by atoms with E-state index >= 15 is 0 Å². The van der Waals surface area contributed by atoms with Crippen LogP contribution in [0.15, 0.2) is 4.52 Å². The van der Waals surface area contributed by atoms with Crippen LogP contribution < -0.4 is 0 Å². The molecule has 108 valence electrons. The third-order valence-electron chi connectivity index (χ3n) is 4.98. The number of likely N-dealkylation sites (tertiary alicyclic amines) is 1. The maximum atomic E-state index is 12.5. The van der Waals surface area contributed by atoms with Gasteiger partial charge in [0.2, 0.25) is 0 Å². The van der Waals surface area contributed by atoms with E-state index in [-0.39, 0.29) is 5.91 Å². The van der Waals surface area contributed by atoms with Crippen LogP contribution in [0.2, 0.25) is 0 Å². The van der Waals surface area contributed by atoms with E-state index in [2.05, 4.69) is 5.16 Å². The van der Waals surface area contributed by atoms with Crippen molar-refractivity contribution in [2.75, 3.05) is 26.3 Å². The van der Waals surface area contributed by atoms with Gasteiger partial charge in [-0.2, -0.15) is 0 Å². The minimum Gasteiger partial charge on any atom is -0.381 e. The molecule has 2 saturated heterocycles. The Morgan fingerprint density at radius 1 is 1.20 bits per heavy atom. The van der Waals surface area contributed by atoms with Gasteiger partial charge in [0.05, 0.1) is 0 Å². The van der Waals surface area contributed by atoms with Crippen LogP contribution in [0.4, 0.5) is 0 Å². The summed E-state index contributed by atoms with van der Waals surface area (Å²) in [6, 6.07) is 0. The predicted molar refractivity (Wildman–Crippen MR) is 71.5 cm³/mol. The first-order valence-electron chi connectivity index (χ1n) is 7.67. The van der Waals surface area contributed by atoms with Gasteiger partial charge in [-0.25, -0.2) is 0 Å². The van der Waals surface area contributed by atoms with Gasteiger partial charge in [-0.05, 0) is 37.5 Å². The topological polar surface area (TPSA) is 55.6 Å². The quantitative estimate of drug-likeness (QED) is 0.824. The molecule has 5 heteroatoms. The molecule has 2 aliphatic heterocycles. The molecule has 0 radical (unpaired) electrons. The largest absolute Gasteiger partial charge is 0.381 e. The molecule has 20 heavy (non-hydrogen) atoms. The maximum absolute atomic E-state index is 12.5. The summed E-state index contributed by atoms with van der Waals surface area (Å²) >= 11 is 0. The fraction of sp³-hybridized carbons (Fsp3) is 0.733. The summed E-state index contributed by atoms with van der Waals surface area (Å²) in [6.45, 7) is 3.46. The number of carbonyl (C=O) groups is 1. The molecule has 0 N–H and O–H groups in total. The highest BCUT2D eigenvalue weighted by Crippen LogP contribution is 2.32. The van der Waals surface area contributed by atoms with Gasteiger partial charge in [0.1, 0.15) is 5.76 Å². The third kappa shape index (κ3) is 1.95. The van der Waals surface area contributed by atoms with Gasteiger partial charge < -0.3 is 14.2 Å². The third-order valence-corrected chi connectivity index (χ3v) is 4.98. The average Bonchev–Trinajstić information content (AvgIpc) is 3.05. The van der Waals surface area contributed by atoms with Crippen LogP contribution in [0.3, 0.4) is 0 Å². The summed E-state index contributed by atoms with van der Waals surface area (Å²) in [5, 5.41) is 4.03. The summed E-state index contributed by atoms with van der Waals surface area (Å²) in [5.41, 5.74) is 1.63. The number of nitrogens with zero attached hydrogens (tertiary/aromatic N) is 2. The molecular weight excluding hydrogens is 256 g/mol. The van der Waals surface area contributed by atoms with E-state index in [1.54, 1.807) is 0 Å². The highest BCUT2D eigenvalue weighted by molar-refractivity contribution is 5.94. The molecule has 4 rings (SSSR count). The highest BCUT2D eigenvalue weighted by atomic mass is 16.5. The first kappa shape index (κ1) is 12.4. The van der Waals surface area contributed by atoms with E-state index in [9.17, 15) is 4.79 Å². The van der Waals surface area contributed by atoms with Crippen LogP contribution >= 0.6 is 0 Å². The molecule has 3 heterocycles. The van der Waals surface area contributed by atoms with Gasteiger partial charge in [0, 0.05) is 38.3 Å². The van der Waals surface area contributed by atoms with Gasteiger partial charge in [0.25, 0.3) is 5.91 Å². The zero-order valence-corrected chi connectivity index (χ0v) is 11.6. The summed E-state index contributed by atoms with van der Waals surface area (Å²) in [4.78, 5) is 14.4. The Labute approximate surface area is 118 Å². The van der Waals surface area contributed by atoms with Crippen LogP contribution in [-0.2, 0) is 17.6 Å². The number of hydrogen-bond acceptors (Lipinski definition) is 4. The Kier molecular flexibility index (Phi) is 3.02. The van der Waals surface area contributed by atoms with Crippen molar-refractivity contribution in [3.63, 3.8) is 0 Å². The first-order valence-corrected chi connectivity index (χ1v) is 7.67. The van der Waals surface area contributed by atoms with Gasteiger partial charge in [-0.3, -0.25) is 4.79 Å². The SMILES string of the molecule is O=C(c1noc2c1CCCC2)N1CC(C2CCOC2)C1. The van der Waals surface area contributed by atoms with Gasteiger partial charge in [-0.1, -0.05) is 5.16 Å². The lowest BCUT2D eigenvalue weighted by atomic mass is 9.85. The molecular formula is C15H20N2O3. The van der Waals surface area contributed by atoms with E-state index < -0.39 is 0 Å². The molecule has 1 unspecified atom stereocenters. The summed E-state index contributed by atoms with van der Waals surface area (Å²) < 4.78 is 10.8. The number of fused-ring (bicyclic) bond motifs is 1. The number of carbonyl (C=O) groups excluding carboxylic acids is 1. The molecule has 1 aromatic rings. The highest BCUT2D eigenvalue weighted by Gasteiger charge is 2.39. The van der Waals surface area contributed by atoms with E-state index in [1.807, 2.05) is 4.90 Å². The molecule has 5 nitrogen and oxygen atoms in total. The smallest absolute Gasteiger partial charge is 0.276 e. The Balaban J connectivity index is 1.42. The van der Waals surface area contributed by atoms with E-state index in [0.29, 0.717) is 17.5 Å². The molecule has 2 fully saturated rings. The molecule has 0 bridgehead atoms. The molecule has 1 amide bonds. The Bertz CT molecular complexity index is 513. The number of aromatic nitrogens is 1. The van der Waals surface area contributed by atoms with Crippen molar-refractivity contribution < 1.29 is 14.1 Å². The molecule has 1 aromatic heterocycles. The first-order chi connectivity index (χ1) is 9.83. The van der Waals surface area contributed by atoms with Crippen molar-refractivity contribution in [3.8, 4) is 0 Å². The fourth-order valence-corrected chi connectivity index (χ4v) is 3.60. The van der Waals surface area contributed by atoms with Crippen LogP contribution in [0, 0.1) is 11.8 Å². The van der Waals surface area contributed by atoms with Crippen LogP contribution in [0.1, 0.15) is 41.1 Å². The molecule has 0 aromatic carbocycles. The van der Waals surface area contributed by atoms with Crippen LogP contribution in [0.25, 0.3) is 0 Å². The Morgan fingerprint density at radius 2 is 2.05 bits per heavy atom. The normalized spacial score (nSPS) is 26.4. The molecule has 0 spiro atoms. The lowest BCUT2D eigenvalue weighted by Crippen LogP contribution is -2.53. The summed E-state index contributed by atoms with van der Waals surface area (Å²) in [5.74, 6) is 2.25. The zero-order chi connectivity index (χ0) is 13.5. The number of aryl methyl sites for hydroxylation is 1. The summed E-state index contributed by atoms with van der Waals surface area (Å²) in [7, 11) is 0. The lowest BCUT2D eigenvalue weighted by molar-refractivity contribution is 0.0332. The zero-order valence-electron chi connectivity index (χ0n) is 11.6.